The highest BCUT2D eigenvalue weighted by molar-refractivity contribution is 7.26. The maximum atomic E-state index is 5.15. The Hall–Kier alpha value is -6.14. The molecule has 5 heteroatoms. The predicted molar refractivity (Wildman–Crippen MR) is 218 cm³/mol. The third-order valence-electron chi connectivity index (χ3n) is 10.2. The lowest BCUT2D eigenvalue weighted by Crippen LogP contribution is -1.94. The van der Waals surface area contributed by atoms with Crippen LogP contribution in [0.3, 0.4) is 0 Å². The van der Waals surface area contributed by atoms with E-state index in [0.29, 0.717) is 0 Å². The second kappa shape index (κ2) is 11.2. The Bertz CT molecular complexity index is 3160. The zero-order valence-corrected chi connectivity index (χ0v) is 28.9. The molecule has 0 fully saturated rings. The van der Waals surface area contributed by atoms with Gasteiger partial charge in [-0.3, -0.25) is 0 Å². The Morgan fingerprint density at radius 3 is 2.16 bits per heavy atom. The maximum Gasteiger partial charge on any atom is 0.174 e. The van der Waals surface area contributed by atoms with Gasteiger partial charge in [0.05, 0.1) is 11.0 Å². The smallest absolute Gasteiger partial charge is 0.174 e. The molecular weight excluding hydrogens is 659 g/mol. The lowest BCUT2D eigenvalue weighted by molar-refractivity contribution is 1.18. The van der Waals surface area contributed by atoms with Crippen LogP contribution in [0.4, 0.5) is 0 Å². The molecule has 0 bridgehead atoms. The molecule has 11 rings (SSSR count). The average molecular weight is 686 g/mol. The molecule has 3 heterocycles. The van der Waals surface area contributed by atoms with Crippen molar-refractivity contribution >= 4 is 86.4 Å². The number of benzene rings is 8. The quantitative estimate of drug-likeness (QED) is 0.173. The molecular formula is C46H27N3S2. The van der Waals surface area contributed by atoms with Crippen LogP contribution in [0.15, 0.2) is 164 Å². The van der Waals surface area contributed by atoms with Crippen LogP contribution in [-0.4, -0.2) is 13.9 Å². The van der Waals surface area contributed by atoms with Crippen LogP contribution >= 0.6 is 22.9 Å². The molecule has 0 unspecified atom stereocenters. The maximum absolute atomic E-state index is 5.15. The molecule has 238 valence electrons. The van der Waals surface area contributed by atoms with Crippen molar-refractivity contribution < 1.29 is 0 Å². The number of thiophene rings is 1. The minimum Gasteiger partial charge on any atom is -0.309 e. The molecule has 0 amide bonds. The summed E-state index contributed by atoms with van der Waals surface area (Å²) in [6, 6.07) is 59.2. The van der Waals surface area contributed by atoms with Crippen LogP contribution in [0.2, 0.25) is 0 Å². The number of nitrogens with zero attached hydrogens (tertiary/aromatic N) is 3. The second-order valence-corrected chi connectivity index (χ2v) is 14.8. The monoisotopic (exact) mass is 685 g/mol. The van der Waals surface area contributed by atoms with Gasteiger partial charge in [-0.15, -0.1) is 11.3 Å². The Morgan fingerprint density at radius 1 is 0.471 bits per heavy atom. The second-order valence-electron chi connectivity index (χ2n) is 13.0. The van der Waals surface area contributed by atoms with Gasteiger partial charge in [0.1, 0.15) is 5.01 Å². The van der Waals surface area contributed by atoms with E-state index in [0.717, 1.165) is 27.6 Å². The summed E-state index contributed by atoms with van der Waals surface area (Å²) in [5.41, 5.74) is 8.07. The van der Waals surface area contributed by atoms with Gasteiger partial charge in [0.2, 0.25) is 0 Å². The van der Waals surface area contributed by atoms with Crippen LogP contribution in [0, 0.1) is 0 Å². The van der Waals surface area contributed by atoms with E-state index < -0.39 is 0 Å². The standard InChI is InChI=1S/C46H27N3S2/c1-2-14-33-28(10-1)22-23-29-11-8-19-39(43(29)33)45-47-46(51-48-45)31-12-7-13-32(26-31)49-40-20-5-3-15-35(40)36-25-24-30(27-41(36)49)34-17-9-18-38-37-16-4-6-21-42(37)50-44(34)38/h1-27H. The molecule has 11 aromatic rings. The van der Waals surface area contributed by atoms with Crippen molar-refractivity contribution in [3.05, 3.63) is 164 Å². The molecule has 0 saturated carbocycles. The van der Waals surface area contributed by atoms with E-state index in [1.54, 1.807) is 0 Å². The third kappa shape index (κ3) is 4.42. The van der Waals surface area contributed by atoms with E-state index in [9.17, 15) is 0 Å². The van der Waals surface area contributed by atoms with Gasteiger partial charge in [-0.05, 0) is 69.1 Å². The van der Waals surface area contributed by atoms with Crippen LogP contribution in [0.25, 0.3) is 102 Å². The van der Waals surface area contributed by atoms with E-state index >= 15 is 0 Å². The lowest BCUT2D eigenvalue weighted by atomic mass is 9.97. The largest absolute Gasteiger partial charge is 0.309 e. The number of hydrogen-bond acceptors (Lipinski definition) is 4. The van der Waals surface area contributed by atoms with Crippen molar-refractivity contribution in [2.24, 2.45) is 0 Å². The summed E-state index contributed by atoms with van der Waals surface area (Å²) >= 11 is 3.33. The first-order chi connectivity index (χ1) is 25.3. The van der Waals surface area contributed by atoms with E-state index in [4.69, 9.17) is 9.36 Å². The third-order valence-corrected chi connectivity index (χ3v) is 12.2. The number of fused-ring (bicyclic) bond motifs is 9. The predicted octanol–water partition coefficient (Wildman–Crippen LogP) is 13.3. The normalized spacial score (nSPS) is 11.9. The first-order valence-corrected chi connectivity index (χ1v) is 18.7. The van der Waals surface area contributed by atoms with Gasteiger partial charge in [-0.2, -0.15) is 4.37 Å². The van der Waals surface area contributed by atoms with E-state index in [2.05, 4.69) is 168 Å². The van der Waals surface area contributed by atoms with E-state index in [1.807, 2.05) is 11.3 Å². The molecule has 0 aliphatic rings. The zero-order chi connectivity index (χ0) is 33.5. The highest BCUT2D eigenvalue weighted by Gasteiger charge is 2.18. The Labute approximate surface area is 301 Å². The van der Waals surface area contributed by atoms with Crippen molar-refractivity contribution in [2.75, 3.05) is 0 Å². The van der Waals surface area contributed by atoms with Gasteiger partial charge in [-0.25, -0.2) is 4.98 Å². The molecule has 0 aliphatic carbocycles. The fourth-order valence-electron chi connectivity index (χ4n) is 7.86. The van der Waals surface area contributed by atoms with Crippen LogP contribution in [0.1, 0.15) is 0 Å². The summed E-state index contributed by atoms with van der Waals surface area (Å²) in [5.74, 6) is 0.763. The van der Waals surface area contributed by atoms with Crippen LogP contribution in [-0.2, 0) is 0 Å². The Balaban J connectivity index is 1.06. The highest BCUT2D eigenvalue weighted by Crippen LogP contribution is 2.42. The minimum atomic E-state index is 0.763. The van der Waals surface area contributed by atoms with Crippen molar-refractivity contribution in [3.63, 3.8) is 0 Å². The highest BCUT2D eigenvalue weighted by atomic mass is 32.1. The summed E-state index contributed by atoms with van der Waals surface area (Å²) < 4.78 is 9.97. The lowest BCUT2D eigenvalue weighted by Gasteiger charge is -2.11. The van der Waals surface area contributed by atoms with Gasteiger partial charge in [0, 0.05) is 53.1 Å². The molecule has 3 nitrogen and oxygen atoms in total. The van der Waals surface area contributed by atoms with Crippen molar-refractivity contribution in [1.29, 1.82) is 0 Å². The number of para-hydroxylation sites is 1. The summed E-state index contributed by atoms with van der Waals surface area (Å²) in [4.78, 5) is 5.15. The SMILES string of the molecule is c1cc(-c2nc(-c3cccc4ccc5ccccc5c34)ns2)cc(-n2c3ccccc3c3ccc(-c4cccc5c4sc4ccccc45)cc32)c1. The van der Waals surface area contributed by atoms with Crippen LogP contribution in [0.5, 0.6) is 0 Å². The van der Waals surface area contributed by atoms with Gasteiger partial charge < -0.3 is 4.57 Å². The van der Waals surface area contributed by atoms with Gasteiger partial charge in [0.25, 0.3) is 0 Å². The van der Waals surface area contributed by atoms with Crippen molar-refractivity contribution in [3.8, 4) is 38.8 Å². The molecule has 0 saturated heterocycles. The fraction of sp³-hybridized carbons (Fsp3) is 0. The molecule has 0 spiro atoms. The van der Waals surface area contributed by atoms with Crippen LogP contribution < -0.4 is 0 Å². The molecule has 0 aliphatic heterocycles. The molecule has 0 radical (unpaired) electrons. The van der Waals surface area contributed by atoms with Crippen molar-refractivity contribution in [2.45, 2.75) is 0 Å². The zero-order valence-electron chi connectivity index (χ0n) is 27.2. The summed E-state index contributed by atoms with van der Waals surface area (Å²) in [7, 11) is 0. The van der Waals surface area contributed by atoms with E-state index in [-0.39, 0.29) is 0 Å². The average Bonchev–Trinajstić information content (AvgIpc) is 3.92. The molecule has 0 atom stereocenters. The molecule has 8 aromatic carbocycles. The minimum absolute atomic E-state index is 0.763. The van der Waals surface area contributed by atoms with Gasteiger partial charge in [0.15, 0.2) is 5.82 Å². The molecule has 51 heavy (non-hydrogen) atoms. The Morgan fingerprint density at radius 2 is 1.20 bits per heavy atom. The molecule has 3 aromatic heterocycles. The fourth-order valence-corrected chi connectivity index (χ4v) is 9.77. The first-order valence-electron chi connectivity index (χ1n) is 17.1. The number of hydrogen-bond donors (Lipinski definition) is 0. The van der Waals surface area contributed by atoms with E-state index in [1.165, 1.54) is 86.2 Å². The van der Waals surface area contributed by atoms with Crippen molar-refractivity contribution in [1.82, 2.24) is 13.9 Å². The molecule has 0 N–H and O–H groups in total. The summed E-state index contributed by atoms with van der Waals surface area (Å²) in [6.07, 6.45) is 0. The van der Waals surface area contributed by atoms with Gasteiger partial charge >= 0.3 is 0 Å². The number of aromatic nitrogens is 3. The topological polar surface area (TPSA) is 30.7 Å². The number of rotatable bonds is 4. The summed E-state index contributed by atoms with van der Waals surface area (Å²) in [5, 5.41) is 10.8. The Kier molecular flexibility index (Phi) is 6.29. The summed E-state index contributed by atoms with van der Waals surface area (Å²) in [6.45, 7) is 0. The van der Waals surface area contributed by atoms with Gasteiger partial charge in [-0.1, -0.05) is 133 Å². The first kappa shape index (κ1) is 28.7.